The van der Waals surface area contributed by atoms with Gasteiger partial charge in [-0.05, 0) is 19.1 Å². The van der Waals surface area contributed by atoms with E-state index in [0.29, 0.717) is 0 Å². The number of nitrogens with zero attached hydrogens (tertiary/aromatic N) is 2. The van der Waals surface area contributed by atoms with E-state index in [0.717, 1.165) is 0 Å². The number of halogens is 1. The molecule has 0 amide bonds. The molecule has 19 heavy (non-hydrogen) atoms. The topological polar surface area (TPSA) is 99.4 Å². The first-order valence-corrected chi connectivity index (χ1v) is 5.78. The van der Waals surface area contributed by atoms with Gasteiger partial charge in [-0.2, -0.15) is 0 Å². The molecular weight excluding hydrogens is 276 g/mol. The standard InChI is InChI=1S/C11H11ClN2O5/c1-2-19-11(16)9(15)5-8-7(6-14(17)18)3-4-10(12)13-8/h3-4H,2,5-6H2,1H3. The van der Waals surface area contributed by atoms with Gasteiger partial charge < -0.3 is 4.74 Å². The Morgan fingerprint density at radius 2 is 2.16 bits per heavy atom. The first-order valence-electron chi connectivity index (χ1n) is 5.40. The summed E-state index contributed by atoms with van der Waals surface area (Å²) < 4.78 is 4.54. The Bertz CT molecular complexity index is 518. The zero-order valence-electron chi connectivity index (χ0n) is 10.1. The average Bonchev–Trinajstić information content (AvgIpc) is 2.32. The molecule has 1 heterocycles. The molecule has 0 atom stereocenters. The van der Waals surface area contributed by atoms with Gasteiger partial charge in [0.25, 0.3) is 0 Å². The molecule has 0 unspecified atom stereocenters. The minimum atomic E-state index is -0.990. The number of aromatic nitrogens is 1. The van der Waals surface area contributed by atoms with Crippen molar-refractivity contribution in [2.24, 2.45) is 0 Å². The quantitative estimate of drug-likeness (QED) is 0.256. The molecule has 0 aromatic carbocycles. The fourth-order valence-corrected chi connectivity index (χ4v) is 1.54. The lowest BCUT2D eigenvalue weighted by atomic mass is 10.1. The molecule has 0 bridgehead atoms. The molecule has 0 aliphatic carbocycles. The predicted molar refractivity (Wildman–Crippen MR) is 65.3 cm³/mol. The minimum absolute atomic E-state index is 0.0787. The average molecular weight is 287 g/mol. The summed E-state index contributed by atoms with van der Waals surface area (Å²) in [7, 11) is 0. The van der Waals surface area contributed by atoms with E-state index in [9.17, 15) is 19.7 Å². The Balaban J connectivity index is 2.92. The highest BCUT2D eigenvalue weighted by Crippen LogP contribution is 2.14. The summed E-state index contributed by atoms with van der Waals surface area (Å²) >= 11 is 5.67. The molecule has 0 saturated carbocycles. The van der Waals surface area contributed by atoms with E-state index in [-0.39, 0.29) is 29.4 Å². The zero-order valence-corrected chi connectivity index (χ0v) is 10.8. The lowest BCUT2D eigenvalue weighted by molar-refractivity contribution is -0.497. The molecular formula is C11H11ClN2O5. The van der Waals surface area contributed by atoms with Crippen molar-refractivity contribution in [2.45, 2.75) is 19.9 Å². The number of rotatable bonds is 6. The van der Waals surface area contributed by atoms with Crippen LogP contribution in [0.1, 0.15) is 18.2 Å². The van der Waals surface area contributed by atoms with Crippen LogP contribution in [0.5, 0.6) is 0 Å². The molecule has 1 aromatic rings. The maximum Gasteiger partial charge on any atom is 0.375 e. The summed E-state index contributed by atoms with van der Waals surface area (Å²) in [5.74, 6) is -1.81. The number of nitro groups is 1. The number of pyridine rings is 1. The van der Waals surface area contributed by atoms with E-state index in [2.05, 4.69) is 9.72 Å². The van der Waals surface area contributed by atoms with Gasteiger partial charge in [0, 0.05) is 10.5 Å². The van der Waals surface area contributed by atoms with E-state index in [1.54, 1.807) is 6.92 Å². The van der Waals surface area contributed by atoms with Crippen LogP contribution in [0.15, 0.2) is 12.1 Å². The van der Waals surface area contributed by atoms with Gasteiger partial charge in [0.05, 0.1) is 18.7 Å². The fourth-order valence-electron chi connectivity index (χ4n) is 1.38. The molecule has 0 fully saturated rings. The summed E-state index contributed by atoms with van der Waals surface area (Å²) in [5, 5.41) is 10.6. The van der Waals surface area contributed by atoms with Crippen LogP contribution in [-0.4, -0.2) is 28.3 Å². The Morgan fingerprint density at radius 1 is 1.47 bits per heavy atom. The van der Waals surface area contributed by atoms with Crippen molar-refractivity contribution in [1.82, 2.24) is 4.98 Å². The molecule has 0 aliphatic heterocycles. The Kier molecular flexibility index (Phi) is 5.37. The lowest BCUT2D eigenvalue weighted by Crippen LogP contribution is -2.21. The van der Waals surface area contributed by atoms with E-state index in [1.165, 1.54) is 12.1 Å². The Labute approximate surface area is 113 Å². The van der Waals surface area contributed by atoms with Crippen molar-refractivity contribution in [2.75, 3.05) is 6.61 Å². The van der Waals surface area contributed by atoms with Gasteiger partial charge >= 0.3 is 5.97 Å². The highest BCUT2D eigenvalue weighted by molar-refractivity contribution is 6.34. The van der Waals surface area contributed by atoms with Gasteiger partial charge in [0.1, 0.15) is 5.15 Å². The number of hydrogen-bond acceptors (Lipinski definition) is 6. The normalized spacial score (nSPS) is 10.0. The van der Waals surface area contributed by atoms with Crippen LogP contribution < -0.4 is 0 Å². The highest BCUT2D eigenvalue weighted by Gasteiger charge is 2.20. The van der Waals surface area contributed by atoms with Gasteiger partial charge in [0.2, 0.25) is 12.3 Å². The van der Waals surface area contributed by atoms with Crippen molar-refractivity contribution in [3.63, 3.8) is 0 Å². The molecule has 8 heteroatoms. The molecule has 1 rings (SSSR count). The molecule has 102 valence electrons. The van der Waals surface area contributed by atoms with E-state index < -0.39 is 23.2 Å². The minimum Gasteiger partial charge on any atom is -0.460 e. The molecule has 0 spiro atoms. The molecule has 0 aliphatic rings. The number of carbonyl (C=O) groups is 2. The van der Waals surface area contributed by atoms with Crippen LogP contribution in [0.25, 0.3) is 0 Å². The van der Waals surface area contributed by atoms with Gasteiger partial charge in [-0.25, -0.2) is 9.78 Å². The smallest absolute Gasteiger partial charge is 0.375 e. The second-order valence-corrected chi connectivity index (χ2v) is 3.94. The SMILES string of the molecule is CCOC(=O)C(=O)Cc1nc(Cl)ccc1C[N+](=O)[O-]. The second-order valence-electron chi connectivity index (χ2n) is 3.55. The van der Waals surface area contributed by atoms with Crippen molar-refractivity contribution >= 4 is 23.4 Å². The van der Waals surface area contributed by atoms with Crippen LogP contribution in [0.4, 0.5) is 0 Å². The lowest BCUT2D eigenvalue weighted by Gasteiger charge is -2.05. The number of carbonyl (C=O) groups excluding carboxylic acids is 2. The van der Waals surface area contributed by atoms with Gasteiger partial charge in [-0.15, -0.1) is 0 Å². The van der Waals surface area contributed by atoms with Crippen LogP contribution in [-0.2, 0) is 27.3 Å². The number of ketones is 1. The maximum atomic E-state index is 11.5. The zero-order chi connectivity index (χ0) is 14.4. The summed E-state index contributed by atoms with van der Waals surface area (Å²) in [4.78, 5) is 36.5. The Hall–Kier alpha value is -2.02. The summed E-state index contributed by atoms with van der Waals surface area (Å²) in [6, 6.07) is 2.80. The number of esters is 1. The third-order valence-electron chi connectivity index (χ3n) is 2.17. The third kappa shape index (κ3) is 4.63. The molecule has 0 saturated heterocycles. The van der Waals surface area contributed by atoms with Crippen molar-refractivity contribution < 1.29 is 19.2 Å². The first kappa shape index (κ1) is 15.0. The van der Waals surface area contributed by atoms with E-state index in [1.807, 2.05) is 0 Å². The second kappa shape index (κ2) is 6.79. The van der Waals surface area contributed by atoms with Gasteiger partial charge in [-0.3, -0.25) is 14.9 Å². The van der Waals surface area contributed by atoms with Gasteiger partial charge in [0.15, 0.2) is 0 Å². The van der Waals surface area contributed by atoms with E-state index >= 15 is 0 Å². The number of Topliss-reactive ketones (excluding diaryl/α,β-unsaturated/α-hetero) is 1. The largest absolute Gasteiger partial charge is 0.460 e. The highest BCUT2D eigenvalue weighted by atomic mass is 35.5. The third-order valence-corrected chi connectivity index (χ3v) is 2.38. The molecule has 0 N–H and O–H groups in total. The maximum absolute atomic E-state index is 11.5. The number of ether oxygens (including phenoxy) is 1. The van der Waals surface area contributed by atoms with Crippen molar-refractivity contribution in [3.8, 4) is 0 Å². The summed E-state index contributed by atoms with van der Waals surface area (Å²) in [5.41, 5.74) is 0.356. The molecule has 7 nitrogen and oxygen atoms in total. The number of hydrogen-bond donors (Lipinski definition) is 0. The Morgan fingerprint density at radius 3 is 2.74 bits per heavy atom. The van der Waals surface area contributed by atoms with Crippen LogP contribution >= 0.6 is 11.6 Å². The van der Waals surface area contributed by atoms with Crippen LogP contribution in [0.3, 0.4) is 0 Å². The monoisotopic (exact) mass is 286 g/mol. The van der Waals surface area contributed by atoms with Gasteiger partial charge in [-0.1, -0.05) is 11.6 Å². The first-order chi connectivity index (χ1) is 8.93. The fraction of sp³-hybridized carbons (Fsp3) is 0.364. The van der Waals surface area contributed by atoms with Crippen LogP contribution in [0.2, 0.25) is 5.15 Å². The van der Waals surface area contributed by atoms with Crippen molar-refractivity contribution in [3.05, 3.63) is 38.7 Å². The predicted octanol–water partition coefficient (Wildman–Crippen LogP) is 1.19. The molecule has 1 aromatic heterocycles. The summed E-state index contributed by atoms with van der Waals surface area (Å²) in [6.07, 6.45) is -0.372. The molecule has 0 radical (unpaired) electrons. The van der Waals surface area contributed by atoms with E-state index in [4.69, 9.17) is 11.6 Å². The van der Waals surface area contributed by atoms with Crippen molar-refractivity contribution in [1.29, 1.82) is 0 Å². The van der Waals surface area contributed by atoms with Crippen LogP contribution in [0, 0.1) is 10.1 Å². The summed E-state index contributed by atoms with van der Waals surface area (Å²) in [6.45, 7) is 1.16.